The maximum absolute atomic E-state index is 12.8. The molecular formula is C22H28N2O. The molecule has 0 unspecified atom stereocenters. The molecular weight excluding hydrogens is 308 g/mol. The number of benzene rings is 2. The summed E-state index contributed by atoms with van der Waals surface area (Å²) < 4.78 is 0. The quantitative estimate of drug-likeness (QED) is 0.785. The van der Waals surface area contributed by atoms with Crippen LogP contribution in [0.4, 0.5) is 5.69 Å². The highest BCUT2D eigenvalue weighted by atomic mass is 16.2. The van der Waals surface area contributed by atoms with Crippen LogP contribution in [-0.2, 0) is 11.2 Å². The Morgan fingerprint density at radius 2 is 1.76 bits per heavy atom. The number of rotatable bonds is 6. The van der Waals surface area contributed by atoms with Crippen molar-refractivity contribution in [3.05, 3.63) is 65.7 Å². The smallest absolute Gasteiger partial charge is 0.226 e. The summed E-state index contributed by atoms with van der Waals surface area (Å²) in [4.78, 5) is 17.0. The zero-order chi connectivity index (χ0) is 17.8. The first-order chi connectivity index (χ1) is 12.1. The van der Waals surface area contributed by atoms with E-state index in [0.717, 1.165) is 25.8 Å². The Kier molecular flexibility index (Phi) is 5.42. The van der Waals surface area contributed by atoms with Gasteiger partial charge < -0.3 is 9.80 Å². The zero-order valence-electron chi connectivity index (χ0n) is 15.5. The van der Waals surface area contributed by atoms with Crippen molar-refractivity contribution in [2.45, 2.75) is 32.2 Å². The lowest BCUT2D eigenvalue weighted by Gasteiger charge is -2.25. The molecule has 3 rings (SSSR count). The van der Waals surface area contributed by atoms with Crippen molar-refractivity contribution in [3.8, 4) is 0 Å². The number of nitrogens with zero attached hydrogens (tertiary/aromatic N) is 2. The third kappa shape index (κ3) is 4.04. The van der Waals surface area contributed by atoms with Crippen LogP contribution in [0.5, 0.6) is 0 Å². The molecule has 3 heteroatoms. The maximum atomic E-state index is 12.8. The number of hydrogen-bond acceptors (Lipinski definition) is 2. The van der Waals surface area contributed by atoms with Crippen molar-refractivity contribution < 1.29 is 4.79 Å². The van der Waals surface area contributed by atoms with Gasteiger partial charge in [-0.05, 0) is 49.4 Å². The first-order valence-corrected chi connectivity index (χ1v) is 9.18. The van der Waals surface area contributed by atoms with E-state index in [1.165, 1.54) is 16.8 Å². The van der Waals surface area contributed by atoms with E-state index in [1.807, 2.05) is 18.2 Å². The summed E-state index contributed by atoms with van der Waals surface area (Å²) in [5.74, 6) is 0.487. The summed E-state index contributed by atoms with van der Waals surface area (Å²) in [7, 11) is 4.10. The van der Waals surface area contributed by atoms with Crippen molar-refractivity contribution in [2.75, 3.05) is 25.5 Å². The van der Waals surface area contributed by atoms with Crippen LogP contribution in [0.1, 0.15) is 36.9 Å². The summed E-state index contributed by atoms with van der Waals surface area (Å²) in [5, 5.41) is 0. The van der Waals surface area contributed by atoms with Gasteiger partial charge in [0.1, 0.15) is 0 Å². The van der Waals surface area contributed by atoms with Crippen LogP contribution in [0.3, 0.4) is 0 Å². The van der Waals surface area contributed by atoms with Crippen LogP contribution in [0.15, 0.2) is 54.6 Å². The van der Waals surface area contributed by atoms with Crippen molar-refractivity contribution in [1.29, 1.82) is 0 Å². The number of carbonyl (C=O) groups is 1. The van der Waals surface area contributed by atoms with Gasteiger partial charge in [-0.3, -0.25) is 4.79 Å². The summed E-state index contributed by atoms with van der Waals surface area (Å²) in [5.41, 5.74) is 3.74. The second-order valence-corrected chi connectivity index (χ2v) is 7.20. The van der Waals surface area contributed by atoms with Gasteiger partial charge in [0.25, 0.3) is 0 Å². The molecule has 1 aliphatic rings. The van der Waals surface area contributed by atoms with E-state index in [-0.39, 0.29) is 12.0 Å². The minimum absolute atomic E-state index is 0.165. The topological polar surface area (TPSA) is 23.6 Å². The van der Waals surface area contributed by atoms with Crippen LogP contribution in [0.2, 0.25) is 0 Å². The number of aryl methyl sites for hydroxylation is 1. The highest BCUT2D eigenvalue weighted by Crippen LogP contribution is 2.30. The molecule has 1 amide bonds. The Morgan fingerprint density at radius 3 is 2.40 bits per heavy atom. The van der Waals surface area contributed by atoms with Crippen molar-refractivity contribution in [1.82, 2.24) is 4.90 Å². The minimum atomic E-state index is 0.165. The number of amides is 1. The number of carbonyl (C=O) groups excluding carboxylic acids is 1. The van der Waals surface area contributed by atoms with Gasteiger partial charge in [-0.15, -0.1) is 0 Å². The average Bonchev–Trinajstić information content (AvgIpc) is 3.01. The first kappa shape index (κ1) is 17.5. The van der Waals surface area contributed by atoms with Crippen molar-refractivity contribution in [3.63, 3.8) is 0 Å². The normalized spacial score (nSPS) is 18.4. The van der Waals surface area contributed by atoms with E-state index in [2.05, 4.69) is 67.2 Å². The molecule has 0 N–H and O–H groups in total. The molecule has 3 nitrogen and oxygen atoms in total. The molecule has 25 heavy (non-hydrogen) atoms. The Balaban J connectivity index is 1.57. The zero-order valence-corrected chi connectivity index (χ0v) is 15.5. The number of likely N-dealkylation sites (tertiary alicyclic amines) is 1. The molecule has 1 aliphatic heterocycles. The largest absolute Gasteiger partial charge is 0.378 e. The second-order valence-electron chi connectivity index (χ2n) is 7.20. The van der Waals surface area contributed by atoms with Crippen LogP contribution in [-0.4, -0.2) is 31.4 Å². The minimum Gasteiger partial charge on any atom is -0.378 e. The third-order valence-electron chi connectivity index (χ3n) is 5.33. The van der Waals surface area contributed by atoms with Gasteiger partial charge in [0.2, 0.25) is 5.91 Å². The highest BCUT2D eigenvalue weighted by molar-refractivity contribution is 5.81. The Morgan fingerprint density at radius 1 is 1.08 bits per heavy atom. The third-order valence-corrected chi connectivity index (χ3v) is 5.33. The van der Waals surface area contributed by atoms with Gasteiger partial charge in [-0.2, -0.15) is 0 Å². The van der Waals surface area contributed by atoms with Gasteiger partial charge in [0, 0.05) is 32.2 Å². The molecule has 1 saturated heterocycles. The molecule has 0 aliphatic carbocycles. The van der Waals surface area contributed by atoms with E-state index < -0.39 is 0 Å². The average molecular weight is 336 g/mol. The van der Waals surface area contributed by atoms with Gasteiger partial charge in [0.15, 0.2) is 0 Å². The van der Waals surface area contributed by atoms with Crippen LogP contribution in [0.25, 0.3) is 0 Å². The molecule has 0 saturated carbocycles. The molecule has 132 valence electrons. The Hall–Kier alpha value is -2.29. The Labute approximate surface area is 151 Å². The molecule has 0 radical (unpaired) electrons. The fourth-order valence-electron chi connectivity index (χ4n) is 3.63. The number of hydrogen-bond donors (Lipinski definition) is 0. The molecule has 2 atom stereocenters. The van der Waals surface area contributed by atoms with Gasteiger partial charge in [-0.25, -0.2) is 0 Å². The first-order valence-electron chi connectivity index (χ1n) is 9.18. The summed E-state index contributed by atoms with van der Waals surface area (Å²) in [6.45, 7) is 3.01. The monoisotopic (exact) mass is 336 g/mol. The van der Waals surface area contributed by atoms with E-state index in [4.69, 9.17) is 0 Å². The summed E-state index contributed by atoms with van der Waals surface area (Å²) >= 11 is 0. The maximum Gasteiger partial charge on any atom is 0.226 e. The molecule has 0 aromatic heterocycles. The molecule has 1 fully saturated rings. The van der Waals surface area contributed by atoms with E-state index >= 15 is 0 Å². The second kappa shape index (κ2) is 7.73. The van der Waals surface area contributed by atoms with Crippen LogP contribution in [0, 0.1) is 5.92 Å². The van der Waals surface area contributed by atoms with Crippen molar-refractivity contribution in [2.24, 2.45) is 5.92 Å². The van der Waals surface area contributed by atoms with E-state index in [1.54, 1.807) is 0 Å². The van der Waals surface area contributed by atoms with Gasteiger partial charge in [0.05, 0.1) is 6.04 Å². The fourth-order valence-corrected chi connectivity index (χ4v) is 3.63. The molecule has 0 bridgehead atoms. The lowest BCUT2D eigenvalue weighted by Crippen LogP contribution is -2.30. The number of anilines is 1. The van der Waals surface area contributed by atoms with E-state index in [9.17, 15) is 4.79 Å². The van der Waals surface area contributed by atoms with Crippen LogP contribution >= 0.6 is 0 Å². The van der Waals surface area contributed by atoms with Gasteiger partial charge >= 0.3 is 0 Å². The predicted octanol–water partition coefficient (Wildman–Crippen LogP) is 4.29. The predicted molar refractivity (Wildman–Crippen MR) is 104 cm³/mol. The summed E-state index contributed by atoms with van der Waals surface area (Å²) in [6, 6.07) is 19.1. The molecule has 2 aromatic carbocycles. The van der Waals surface area contributed by atoms with Crippen molar-refractivity contribution >= 4 is 11.6 Å². The fraction of sp³-hybridized carbons (Fsp3) is 0.409. The molecule has 1 heterocycles. The Bertz CT molecular complexity index is 694. The lowest BCUT2D eigenvalue weighted by molar-refractivity contribution is -0.132. The van der Waals surface area contributed by atoms with E-state index in [0.29, 0.717) is 5.91 Å². The highest BCUT2D eigenvalue weighted by Gasteiger charge is 2.34. The molecule has 2 aromatic rings. The lowest BCUT2D eigenvalue weighted by atomic mass is 9.98. The standard InChI is InChI=1S/C22H28N2O/c1-17(19-7-5-4-6-8-19)24-16-15-20(22(24)25)12-9-18-10-13-21(14-11-18)23(2)3/h4-8,10-11,13-14,17,20H,9,12,15-16H2,1-3H3/t17-,20+/m0/s1. The van der Waals surface area contributed by atoms with Gasteiger partial charge in [-0.1, -0.05) is 42.5 Å². The SMILES string of the molecule is C[C@@H](c1ccccc1)N1CC[C@@H](CCc2ccc(N(C)C)cc2)C1=O. The summed E-state index contributed by atoms with van der Waals surface area (Å²) in [6.07, 6.45) is 2.89. The van der Waals surface area contributed by atoms with Crippen LogP contribution < -0.4 is 4.90 Å². The molecule has 0 spiro atoms.